The fraction of sp³-hybridized carbons (Fsp3) is 0.240. The first kappa shape index (κ1) is 28.0. The Hall–Kier alpha value is -3.61. The van der Waals surface area contributed by atoms with Crippen LogP contribution in [0, 0.1) is 0 Å². The van der Waals surface area contributed by atoms with Gasteiger partial charge in [0.05, 0.1) is 29.6 Å². The second kappa shape index (κ2) is 11.6. The average Bonchev–Trinajstić information content (AvgIpc) is 2.82. The van der Waals surface area contributed by atoms with Crippen LogP contribution in [0.5, 0.6) is 17.2 Å². The molecule has 0 atom stereocenters. The molecule has 3 aromatic rings. The minimum atomic E-state index is -3.93. The molecule has 0 heterocycles. The van der Waals surface area contributed by atoms with Crippen LogP contribution >= 0.6 is 0 Å². The van der Waals surface area contributed by atoms with E-state index in [0.717, 1.165) is 10.6 Å². The van der Waals surface area contributed by atoms with E-state index in [9.17, 15) is 21.6 Å². The number of para-hydroxylation sites is 3. The lowest BCUT2D eigenvalue weighted by Gasteiger charge is -2.24. The highest BCUT2D eigenvalue weighted by Crippen LogP contribution is 2.34. The van der Waals surface area contributed by atoms with Gasteiger partial charge in [0.25, 0.3) is 0 Å². The van der Waals surface area contributed by atoms with Crippen LogP contribution in [0.15, 0.2) is 77.7 Å². The predicted octanol–water partition coefficient (Wildman–Crippen LogP) is 3.58. The Morgan fingerprint density at radius 2 is 1.57 bits per heavy atom. The maximum atomic E-state index is 13.0. The van der Waals surface area contributed by atoms with E-state index >= 15 is 0 Å². The number of sulfonamides is 2. The summed E-state index contributed by atoms with van der Waals surface area (Å²) < 4.78 is 65.1. The molecule has 1 amide bonds. The van der Waals surface area contributed by atoms with Crippen molar-refractivity contribution in [3.8, 4) is 17.2 Å². The van der Waals surface area contributed by atoms with Crippen molar-refractivity contribution in [1.82, 2.24) is 4.72 Å². The Morgan fingerprint density at radius 3 is 2.19 bits per heavy atom. The van der Waals surface area contributed by atoms with E-state index in [1.54, 1.807) is 56.3 Å². The van der Waals surface area contributed by atoms with Crippen molar-refractivity contribution in [3.63, 3.8) is 0 Å². The van der Waals surface area contributed by atoms with Gasteiger partial charge < -0.3 is 14.8 Å². The minimum Gasteiger partial charge on any atom is -0.495 e. The van der Waals surface area contributed by atoms with E-state index < -0.39 is 32.5 Å². The number of methoxy groups -OCH3 is 1. The van der Waals surface area contributed by atoms with Gasteiger partial charge in [-0.15, -0.1) is 0 Å². The number of anilines is 2. The number of rotatable bonds is 11. The maximum absolute atomic E-state index is 13.0. The molecule has 3 aromatic carbocycles. The Kier molecular flexibility index (Phi) is 8.79. The van der Waals surface area contributed by atoms with Crippen molar-refractivity contribution in [2.75, 3.05) is 29.5 Å². The summed E-state index contributed by atoms with van der Waals surface area (Å²) in [4.78, 5) is 13.0. The molecule has 12 heteroatoms. The largest absolute Gasteiger partial charge is 0.495 e. The molecule has 0 aliphatic carbocycles. The first-order valence-electron chi connectivity index (χ1n) is 11.2. The molecule has 0 fully saturated rings. The van der Waals surface area contributed by atoms with Gasteiger partial charge in [-0.3, -0.25) is 9.10 Å². The lowest BCUT2D eigenvalue weighted by Crippen LogP contribution is -2.37. The highest BCUT2D eigenvalue weighted by atomic mass is 32.2. The van der Waals surface area contributed by atoms with E-state index in [1.807, 2.05) is 6.07 Å². The van der Waals surface area contributed by atoms with Crippen molar-refractivity contribution < 1.29 is 31.1 Å². The second-order valence-electron chi connectivity index (χ2n) is 8.34. The van der Waals surface area contributed by atoms with Crippen molar-refractivity contribution in [1.29, 1.82) is 0 Å². The summed E-state index contributed by atoms with van der Waals surface area (Å²) in [6.07, 6.45) is 0.977. The molecule has 0 aliphatic heterocycles. The lowest BCUT2D eigenvalue weighted by molar-refractivity contribution is -0.114. The summed E-state index contributed by atoms with van der Waals surface area (Å²) in [7, 11) is -6.41. The summed E-state index contributed by atoms with van der Waals surface area (Å²) in [5.41, 5.74) is 0.231. The summed E-state index contributed by atoms with van der Waals surface area (Å²) in [6, 6.07) is 18.9. The highest BCUT2D eigenvalue weighted by Gasteiger charge is 2.25. The Balaban J connectivity index is 1.91. The molecular weight excluding hydrogens is 518 g/mol. The topological polar surface area (TPSA) is 131 Å². The first-order valence-corrected chi connectivity index (χ1v) is 14.5. The summed E-state index contributed by atoms with van der Waals surface area (Å²) in [5, 5.41) is 2.57. The third-order valence-electron chi connectivity index (χ3n) is 4.94. The molecule has 0 saturated heterocycles. The SMILES string of the molecule is COc1ccc(S(=O)(=O)NC(C)C)cc1NC(=O)CN(c1ccccc1Oc1ccccc1)S(C)(=O)=O. The normalized spacial score (nSPS) is 11.7. The average molecular weight is 548 g/mol. The van der Waals surface area contributed by atoms with Gasteiger partial charge in [0.2, 0.25) is 26.0 Å². The van der Waals surface area contributed by atoms with E-state index in [-0.39, 0.29) is 33.8 Å². The molecule has 0 unspecified atom stereocenters. The molecule has 37 heavy (non-hydrogen) atoms. The quantitative estimate of drug-likeness (QED) is 0.375. The number of carbonyl (C=O) groups is 1. The van der Waals surface area contributed by atoms with E-state index in [1.165, 1.54) is 31.4 Å². The third-order valence-corrected chi connectivity index (χ3v) is 7.72. The van der Waals surface area contributed by atoms with Gasteiger partial charge in [-0.25, -0.2) is 21.6 Å². The van der Waals surface area contributed by atoms with Crippen LogP contribution in [0.2, 0.25) is 0 Å². The molecule has 0 saturated carbocycles. The molecule has 0 radical (unpaired) electrons. The van der Waals surface area contributed by atoms with Crippen molar-refractivity contribution in [2.45, 2.75) is 24.8 Å². The number of nitrogens with zero attached hydrogens (tertiary/aromatic N) is 1. The molecule has 0 bridgehead atoms. The lowest BCUT2D eigenvalue weighted by atomic mass is 10.2. The van der Waals surface area contributed by atoms with Gasteiger partial charge in [-0.1, -0.05) is 30.3 Å². The van der Waals surface area contributed by atoms with Crippen LogP contribution in [-0.2, 0) is 24.8 Å². The number of hydrogen-bond acceptors (Lipinski definition) is 7. The number of amides is 1. The minimum absolute atomic E-state index is 0.0707. The van der Waals surface area contributed by atoms with E-state index in [4.69, 9.17) is 9.47 Å². The third kappa shape index (κ3) is 7.44. The summed E-state index contributed by atoms with van der Waals surface area (Å²) in [6.45, 7) is 2.77. The van der Waals surface area contributed by atoms with Gasteiger partial charge in [0.1, 0.15) is 18.0 Å². The summed E-state index contributed by atoms with van der Waals surface area (Å²) >= 11 is 0. The zero-order valence-corrected chi connectivity index (χ0v) is 22.5. The standard InChI is InChI=1S/C25H29N3O7S2/c1-18(2)27-37(32,33)20-14-15-23(34-3)21(16-20)26-25(29)17-28(36(4,30)31)22-12-8-9-13-24(22)35-19-10-6-5-7-11-19/h5-16,18,27H,17H2,1-4H3,(H,26,29). The molecule has 10 nitrogen and oxygen atoms in total. The van der Waals surface area contributed by atoms with Crippen molar-refractivity contribution in [3.05, 3.63) is 72.8 Å². The van der Waals surface area contributed by atoms with Gasteiger partial charge in [0, 0.05) is 6.04 Å². The Morgan fingerprint density at radius 1 is 0.919 bits per heavy atom. The number of ether oxygens (including phenoxy) is 2. The molecule has 0 aliphatic rings. The number of nitrogens with one attached hydrogen (secondary N) is 2. The van der Waals surface area contributed by atoms with Gasteiger partial charge in [0.15, 0.2) is 5.75 Å². The Labute approximate surface area is 217 Å². The fourth-order valence-corrected chi connectivity index (χ4v) is 5.53. The second-order valence-corrected chi connectivity index (χ2v) is 12.0. The number of carbonyl (C=O) groups excluding carboxylic acids is 1. The fourth-order valence-electron chi connectivity index (χ4n) is 3.40. The first-order chi connectivity index (χ1) is 17.4. The zero-order valence-electron chi connectivity index (χ0n) is 20.8. The molecule has 3 rings (SSSR count). The van der Waals surface area contributed by atoms with Crippen LogP contribution in [0.25, 0.3) is 0 Å². The van der Waals surface area contributed by atoms with Gasteiger partial charge in [-0.2, -0.15) is 0 Å². The Bertz CT molecular complexity index is 1460. The number of benzene rings is 3. The smallest absolute Gasteiger partial charge is 0.245 e. The molecule has 0 aromatic heterocycles. The number of hydrogen-bond donors (Lipinski definition) is 2. The van der Waals surface area contributed by atoms with Crippen molar-refractivity contribution in [2.24, 2.45) is 0 Å². The molecule has 2 N–H and O–H groups in total. The van der Waals surface area contributed by atoms with Gasteiger partial charge >= 0.3 is 0 Å². The van der Waals surface area contributed by atoms with Crippen LogP contribution in [0.1, 0.15) is 13.8 Å². The molecule has 198 valence electrons. The van der Waals surface area contributed by atoms with Gasteiger partial charge in [-0.05, 0) is 56.3 Å². The summed E-state index contributed by atoms with van der Waals surface area (Å²) in [5.74, 6) is 0.211. The molecule has 0 spiro atoms. The maximum Gasteiger partial charge on any atom is 0.245 e. The van der Waals surface area contributed by atoms with Crippen LogP contribution < -0.4 is 23.8 Å². The highest BCUT2D eigenvalue weighted by molar-refractivity contribution is 7.92. The van der Waals surface area contributed by atoms with E-state index in [0.29, 0.717) is 5.75 Å². The zero-order chi connectivity index (χ0) is 27.2. The van der Waals surface area contributed by atoms with Crippen LogP contribution in [0.4, 0.5) is 11.4 Å². The van der Waals surface area contributed by atoms with Crippen LogP contribution in [0.3, 0.4) is 0 Å². The van der Waals surface area contributed by atoms with E-state index in [2.05, 4.69) is 10.0 Å². The molecular formula is C25H29N3O7S2. The predicted molar refractivity (Wildman–Crippen MR) is 142 cm³/mol. The monoisotopic (exact) mass is 547 g/mol. The van der Waals surface area contributed by atoms with Crippen molar-refractivity contribution >= 4 is 37.3 Å². The van der Waals surface area contributed by atoms with Crippen LogP contribution in [-0.4, -0.2) is 48.7 Å².